The summed E-state index contributed by atoms with van der Waals surface area (Å²) in [4.78, 5) is 20.9. The van der Waals surface area contributed by atoms with Crippen molar-refractivity contribution in [2.75, 3.05) is 7.11 Å². The van der Waals surface area contributed by atoms with Crippen molar-refractivity contribution >= 4 is 24.1 Å². The lowest BCUT2D eigenvalue weighted by Crippen LogP contribution is -2.33. The number of nitro groups is 1. The number of ether oxygens (including phenoxy) is 1. The number of hydrogen-bond acceptors (Lipinski definition) is 5. The number of nitro benzene ring substituents is 1. The molecule has 0 fully saturated rings. The van der Waals surface area contributed by atoms with Crippen LogP contribution in [0.25, 0.3) is 0 Å². The summed E-state index contributed by atoms with van der Waals surface area (Å²) in [6, 6.07) is 5.15. The minimum absolute atomic E-state index is 0. The van der Waals surface area contributed by atoms with Gasteiger partial charge in [0.25, 0.3) is 5.69 Å². The summed E-state index contributed by atoms with van der Waals surface area (Å²) < 4.78 is 4.47. The van der Waals surface area contributed by atoms with Crippen LogP contribution in [0.5, 0.6) is 0 Å². The zero-order chi connectivity index (χ0) is 12.1. The lowest BCUT2D eigenvalue weighted by atomic mass is 10.1. The number of nitrogens with zero attached hydrogens (tertiary/aromatic N) is 1. The summed E-state index contributed by atoms with van der Waals surface area (Å²) in [5.41, 5.74) is 6.31. The molecule has 0 aliphatic carbocycles. The highest BCUT2D eigenvalue weighted by Crippen LogP contribution is 2.12. The maximum absolute atomic E-state index is 11.0. The Labute approximate surface area is 104 Å². The van der Waals surface area contributed by atoms with Crippen molar-refractivity contribution in [1.82, 2.24) is 0 Å². The average molecular weight is 261 g/mol. The van der Waals surface area contributed by atoms with E-state index in [2.05, 4.69) is 4.74 Å². The van der Waals surface area contributed by atoms with Gasteiger partial charge in [-0.25, -0.2) is 0 Å². The highest BCUT2D eigenvalue weighted by molar-refractivity contribution is 5.85. The Balaban J connectivity index is 0.00000256. The first-order valence-electron chi connectivity index (χ1n) is 4.61. The fraction of sp³-hybridized carbons (Fsp3) is 0.300. The number of methoxy groups -OCH3 is 1. The van der Waals surface area contributed by atoms with Gasteiger partial charge >= 0.3 is 5.97 Å². The van der Waals surface area contributed by atoms with Gasteiger partial charge < -0.3 is 10.5 Å². The summed E-state index contributed by atoms with van der Waals surface area (Å²) in [6.45, 7) is 0. The van der Waals surface area contributed by atoms with Crippen LogP contribution in [0.3, 0.4) is 0 Å². The van der Waals surface area contributed by atoms with Gasteiger partial charge in [-0.1, -0.05) is 12.1 Å². The van der Waals surface area contributed by atoms with E-state index >= 15 is 0 Å². The molecule has 0 saturated heterocycles. The molecule has 2 N–H and O–H groups in total. The van der Waals surface area contributed by atoms with Crippen molar-refractivity contribution in [3.63, 3.8) is 0 Å². The van der Waals surface area contributed by atoms with Crippen LogP contribution >= 0.6 is 12.4 Å². The third kappa shape index (κ3) is 4.38. The first kappa shape index (κ1) is 15.3. The molecular weight excluding hydrogens is 248 g/mol. The lowest BCUT2D eigenvalue weighted by molar-refractivity contribution is -0.384. The van der Waals surface area contributed by atoms with E-state index in [0.717, 1.165) is 5.56 Å². The van der Waals surface area contributed by atoms with Gasteiger partial charge in [-0.3, -0.25) is 14.9 Å². The molecule has 1 rings (SSSR count). The van der Waals surface area contributed by atoms with E-state index in [4.69, 9.17) is 5.73 Å². The molecule has 0 unspecified atom stereocenters. The smallest absolute Gasteiger partial charge is 0.322 e. The summed E-state index contributed by atoms with van der Waals surface area (Å²) in [5, 5.41) is 10.4. The predicted octanol–water partition coefficient (Wildman–Crippen LogP) is 1.06. The second-order valence-corrected chi connectivity index (χ2v) is 3.26. The highest BCUT2D eigenvalue weighted by Gasteiger charge is 2.14. The molecule has 0 saturated carbocycles. The van der Waals surface area contributed by atoms with Gasteiger partial charge in [0.1, 0.15) is 6.04 Å². The molecule has 6 nitrogen and oxygen atoms in total. The molecule has 17 heavy (non-hydrogen) atoms. The van der Waals surface area contributed by atoms with Crippen molar-refractivity contribution in [3.05, 3.63) is 39.9 Å². The number of nitrogens with two attached hydrogens (primary N) is 1. The van der Waals surface area contributed by atoms with E-state index in [-0.39, 0.29) is 18.1 Å². The minimum Gasteiger partial charge on any atom is -0.468 e. The van der Waals surface area contributed by atoms with E-state index in [0.29, 0.717) is 6.42 Å². The van der Waals surface area contributed by atoms with E-state index in [1.54, 1.807) is 12.1 Å². The van der Waals surface area contributed by atoms with Crippen LogP contribution in [0.2, 0.25) is 0 Å². The second-order valence-electron chi connectivity index (χ2n) is 3.26. The molecule has 0 aliphatic heterocycles. The third-order valence-electron chi connectivity index (χ3n) is 2.11. The predicted molar refractivity (Wildman–Crippen MR) is 64.0 cm³/mol. The first-order chi connectivity index (χ1) is 7.54. The number of rotatable bonds is 4. The third-order valence-corrected chi connectivity index (χ3v) is 2.11. The summed E-state index contributed by atoms with van der Waals surface area (Å²) in [6.07, 6.45) is 0.296. The Bertz CT molecular complexity index is 394. The normalized spacial score (nSPS) is 11.2. The fourth-order valence-corrected chi connectivity index (χ4v) is 1.24. The molecule has 0 aliphatic rings. The molecule has 1 atom stereocenters. The van der Waals surface area contributed by atoms with Crippen molar-refractivity contribution in [2.24, 2.45) is 5.73 Å². The quantitative estimate of drug-likeness (QED) is 0.496. The monoisotopic (exact) mass is 260 g/mol. The SMILES string of the molecule is COC(=O)[C@@H](N)Cc1ccc([N+](=O)[O-])cc1.Cl. The van der Waals surface area contributed by atoms with Crippen LogP contribution in [-0.2, 0) is 16.0 Å². The van der Waals surface area contributed by atoms with E-state index < -0.39 is 16.9 Å². The molecule has 1 aromatic carbocycles. The van der Waals surface area contributed by atoms with E-state index in [1.807, 2.05) is 0 Å². The Morgan fingerprint density at radius 2 is 2.00 bits per heavy atom. The van der Waals surface area contributed by atoms with Gasteiger partial charge in [0.15, 0.2) is 0 Å². The topological polar surface area (TPSA) is 95.5 Å². The van der Waals surface area contributed by atoms with Crippen LogP contribution < -0.4 is 5.73 Å². The molecule has 0 aromatic heterocycles. The number of carbonyl (C=O) groups excluding carboxylic acids is 1. The van der Waals surface area contributed by atoms with Crippen molar-refractivity contribution < 1.29 is 14.5 Å². The van der Waals surface area contributed by atoms with Gasteiger partial charge in [0, 0.05) is 12.1 Å². The van der Waals surface area contributed by atoms with Crippen molar-refractivity contribution in [2.45, 2.75) is 12.5 Å². The molecule has 7 heteroatoms. The van der Waals surface area contributed by atoms with Crippen molar-refractivity contribution in [1.29, 1.82) is 0 Å². The summed E-state index contributed by atoms with van der Waals surface area (Å²) in [5.74, 6) is -0.502. The van der Waals surface area contributed by atoms with Crippen LogP contribution in [0.4, 0.5) is 5.69 Å². The molecule has 94 valence electrons. The molecule has 0 radical (unpaired) electrons. The Morgan fingerprint density at radius 1 is 1.47 bits per heavy atom. The zero-order valence-corrected chi connectivity index (χ0v) is 9.98. The van der Waals surface area contributed by atoms with Crippen LogP contribution in [0.1, 0.15) is 5.56 Å². The number of non-ortho nitro benzene ring substituents is 1. The van der Waals surface area contributed by atoms with Gasteiger partial charge in [-0.15, -0.1) is 12.4 Å². The number of halogens is 1. The Morgan fingerprint density at radius 3 is 2.41 bits per heavy atom. The number of carbonyl (C=O) groups is 1. The maximum Gasteiger partial charge on any atom is 0.322 e. The van der Waals surface area contributed by atoms with E-state index in [1.165, 1.54) is 19.2 Å². The molecule has 0 amide bonds. The van der Waals surface area contributed by atoms with Crippen LogP contribution in [0.15, 0.2) is 24.3 Å². The fourth-order valence-electron chi connectivity index (χ4n) is 1.24. The number of hydrogen-bond donors (Lipinski definition) is 1. The van der Waals surface area contributed by atoms with E-state index in [9.17, 15) is 14.9 Å². The summed E-state index contributed by atoms with van der Waals surface area (Å²) >= 11 is 0. The summed E-state index contributed by atoms with van der Waals surface area (Å²) in [7, 11) is 1.26. The molecule has 0 spiro atoms. The van der Waals surface area contributed by atoms with Gasteiger partial charge in [-0.2, -0.15) is 0 Å². The van der Waals surface area contributed by atoms with Crippen LogP contribution in [0, 0.1) is 10.1 Å². The second kappa shape index (κ2) is 6.82. The standard InChI is InChI=1S/C10H12N2O4.ClH/c1-16-10(13)9(11)6-7-2-4-8(5-3-7)12(14)15;/h2-5,9H,6,11H2,1H3;1H/t9-;/m0./s1. The molecule has 0 heterocycles. The van der Waals surface area contributed by atoms with Gasteiger partial charge in [0.05, 0.1) is 12.0 Å². The van der Waals surface area contributed by atoms with Crippen molar-refractivity contribution in [3.8, 4) is 0 Å². The largest absolute Gasteiger partial charge is 0.468 e. The van der Waals surface area contributed by atoms with Crippen LogP contribution in [-0.4, -0.2) is 24.0 Å². The Hall–Kier alpha value is -1.66. The molecule has 1 aromatic rings. The zero-order valence-electron chi connectivity index (χ0n) is 9.16. The first-order valence-corrected chi connectivity index (χ1v) is 4.61. The molecule has 0 bridgehead atoms. The maximum atomic E-state index is 11.0. The Kier molecular flexibility index (Phi) is 6.16. The minimum atomic E-state index is -0.744. The van der Waals surface area contributed by atoms with Gasteiger partial charge in [0.2, 0.25) is 0 Å². The highest BCUT2D eigenvalue weighted by atomic mass is 35.5. The average Bonchev–Trinajstić information content (AvgIpc) is 2.28. The molecular formula is C10H13ClN2O4. The number of benzene rings is 1. The lowest BCUT2D eigenvalue weighted by Gasteiger charge is -2.08. The number of esters is 1. The van der Waals surface area contributed by atoms with Gasteiger partial charge in [-0.05, 0) is 12.0 Å².